The van der Waals surface area contributed by atoms with Crippen LogP contribution in [0.5, 0.6) is 0 Å². The lowest BCUT2D eigenvalue weighted by molar-refractivity contribution is 0.170. The first kappa shape index (κ1) is 17.7. The van der Waals surface area contributed by atoms with Gasteiger partial charge < -0.3 is 15.7 Å². The SMILES string of the molecule is CCCNc1nc(C(C)C)nc(NCC(C)(C)CO)c1C. The van der Waals surface area contributed by atoms with E-state index in [0.29, 0.717) is 6.54 Å². The van der Waals surface area contributed by atoms with Gasteiger partial charge in [0.25, 0.3) is 0 Å². The highest BCUT2D eigenvalue weighted by atomic mass is 16.3. The Labute approximate surface area is 128 Å². The summed E-state index contributed by atoms with van der Waals surface area (Å²) in [4.78, 5) is 9.26. The molecule has 0 aliphatic carbocycles. The van der Waals surface area contributed by atoms with Crippen LogP contribution in [0.2, 0.25) is 0 Å². The smallest absolute Gasteiger partial charge is 0.135 e. The van der Waals surface area contributed by atoms with Gasteiger partial charge in [0.15, 0.2) is 0 Å². The maximum Gasteiger partial charge on any atom is 0.135 e. The van der Waals surface area contributed by atoms with E-state index in [2.05, 4.69) is 41.4 Å². The largest absolute Gasteiger partial charge is 0.396 e. The summed E-state index contributed by atoms with van der Waals surface area (Å²) in [5.74, 6) is 2.87. The molecular formula is C16H30N4O. The second kappa shape index (κ2) is 7.59. The van der Waals surface area contributed by atoms with Crippen LogP contribution in [0, 0.1) is 12.3 Å². The predicted octanol–water partition coefficient (Wildman–Crippen LogP) is 3.16. The van der Waals surface area contributed by atoms with Gasteiger partial charge in [-0.05, 0) is 13.3 Å². The summed E-state index contributed by atoms with van der Waals surface area (Å²) in [7, 11) is 0. The molecule has 5 nitrogen and oxygen atoms in total. The third kappa shape index (κ3) is 5.16. The van der Waals surface area contributed by atoms with Crippen molar-refractivity contribution >= 4 is 11.6 Å². The summed E-state index contributed by atoms with van der Waals surface area (Å²) < 4.78 is 0. The topological polar surface area (TPSA) is 70.1 Å². The number of nitrogens with zero attached hydrogens (tertiary/aromatic N) is 2. The number of aromatic nitrogens is 2. The first-order chi connectivity index (χ1) is 9.80. The number of aliphatic hydroxyl groups is 1. The molecule has 0 unspecified atom stereocenters. The van der Waals surface area contributed by atoms with Crippen molar-refractivity contribution in [3.63, 3.8) is 0 Å². The van der Waals surface area contributed by atoms with Gasteiger partial charge in [0.2, 0.25) is 0 Å². The molecule has 0 aromatic carbocycles. The van der Waals surface area contributed by atoms with E-state index < -0.39 is 0 Å². The zero-order chi connectivity index (χ0) is 16.0. The van der Waals surface area contributed by atoms with E-state index in [1.165, 1.54) is 0 Å². The molecule has 0 saturated heterocycles. The van der Waals surface area contributed by atoms with Gasteiger partial charge in [-0.2, -0.15) is 0 Å². The summed E-state index contributed by atoms with van der Waals surface area (Å²) in [5, 5.41) is 16.1. The highest BCUT2D eigenvalue weighted by Gasteiger charge is 2.18. The monoisotopic (exact) mass is 294 g/mol. The lowest BCUT2D eigenvalue weighted by atomic mass is 9.95. The summed E-state index contributed by atoms with van der Waals surface area (Å²) in [6, 6.07) is 0. The first-order valence-corrected chi connectivity index (χ1v) is 7.78. The van der Waals surface area contributed by atoms with Gasteiger partial charge >= 0.3 is 0 Å². The van der Waals surface area contributed by atoms with Crippen molar-refractivity contribution in [1.82, 2.24) is 9.97 Å². The molecule has 21 heavy (non-hydrogen) atoms. The molecule has 120 valence electrons. The summed E-state index contributed by atoms with van der Waals surface area (Å²) in [6.45, 7) is 14.1. The minimum Gasteiger partial charge on any atom is -0.396 e. The number of anilines is 2. The summed E-state index contributed by atoms with van der Waals surface area (Å²) in [6.07, 6.45) is 1.06. The van der Waals surface area contributed by atoms with Crippen LogP contribution in [-0.2, 0) is 0 Å². The highest BCUT2D eigenvalue weighted by molar-refractivity contribution is 5.57. The van der Waals surface area contributed by atoms with Gasteiger partial charge in [-0.25, -0.2) is 9.97 Å². The Kier molecular flexibility index (Phi) is 6.40. The quantitative estimate of drug-likeness (QED) is 0.687. The molecule has 0 amide bonds. The minimum absolute atomic E-state index is 0.141. The van der Waals surface area contributed by atoms with E-state index in [0.717, 1.165) is 36.0 Å². The van der Waals surface area contributed by atoms with Crippen LogP contribution in [0.4, 0.5) is 11.6 Å². The van der Waals surface area contributed by atoms with Crippen molar-refractivity contribution in [2.75, 3.05) is 30.3 Å². The fourth-order valence-electron chi connectivity index (χ4n) is 1.76. The van der Waals surface area contributed by atoms with E-state index in [1.54, 1.807) is 0 Å². The Morgan fingerprint density at radius 3 is 2.19 bits per heavy atom. The van der Waals surface area contributed by atoms with Crippen LogP contribution < -0.4 is 10.6 Å². The average Bonchev–Trinajstić information content (AvgIpc) is 2.44. The Morgan fingerprint density at radius 1 is 1.14 bits per heavy atom. The van der Waals surface area contributed by atoms with Crippen LogP contribution in [0.15, 0.2) is 0 Å². The van der Waals surface area contributed by atoms with E-state index in [1.807, 2.05) is 20.8 Å². The van der Waals surface area contributed by atoms with E-state index in [-0.39, 0.29) is 17.9 Å². The fourth-order valence-corrected chi connectivity index (χ4v) is 1.76. The van der Waals surface area contributed by atoms with Crippen molar-refractivity contribution < 1.29 is 5.11 Å². The van der Waals surface area contributed by atoms with E-state index in [4.69, 9.17) is 0 Å². The Hall–Kier alpha value is -1.36. The third-order valence-corrected chi connectivity index (χ3v) is 3.38. The van der Waals surface area contributed by atoms with Crippen LogP contribution in [0.25, 0.3) is 0 Å². The van der Waals surface area contributed by atoms with Crippen molar-refractivity contribution in [3.8, 4) is 0 Å². The molecule has 0 radical (unpaired) electrons. The van der Waals surface area contributed by atoms with Crippen molar-refractivity contribution in [1.29, 1.82) is 0 Å². The van der Waals surface area contributed by atoms with Crippen LogP contribution in [0.1, 0.15) is 58.3 Å². The van der Waals surface area contributed by atoms with Crippen molar-refractivity contribution in [3.05, 3.63) is 11.4 Å². The molecule has 0 spiro atoms. The molecule has 0 bridgehead atoms. The molecule has 1 rings (SSSR count). The Morgan fingerprint density at radius 2 is 1.71 bits per heavy atom. The van der Waals surface area contributed by atoms with Crippen LogP contribution in [-0.4, -0.2) is 34.8 Å². The maximum atomic E-state index is 9.37. The molecule has 3 N–H and O–H groups in total. The normalized spacial score (nSPS) is 11.8. The lowest BCUT2D eigenvalue weighted by Gasteiger charge is -2.24. The van der Waals surface area contributed by atoms with Gasteiger partial charge in [0, 0.05) is 36.6 Å². The van der Waals surface area contributed by atoms with Gasteiger partial charge in [0.05, 0.1) is 0 Å². The highest BCUT2D eigenvalue weighted by Crippen LogP contribution is 2.24. The average molecular weight is 294 g/mol. The molecular weight excluding hydrogens is 264 g/mol. The molecule has 1 aromatic heterocycles. The first-order valence-electron chi connectivity index (χ1n) is 7.78. The van der Waals surface area contributed by atoms with Gasteiger partial charge in [-0.1, -0.05) is 34.6 Å². The van der Waals surface area contributed by atoms with E-state index >= 15 is 0 Å². The number of hydrogen-bond acceptors (Lipinski definition) is 5. The molecule has 1 aromatic rings. The minimum atomic E-state index is -0.174. The van der Waals surface area contributed by atoms with E-state index in [9.17, 15) is 5.11 Å². The second-order valence-corrected chi connectivity index (χ2v) is 6.66. The van der Waals surface area contributed by atoms with Crippen LogP contribution in [0.3, 0.4) is 0 Å². The van der Waals surface area contributed by atoms with Crippen molar-refractivity contribution in [2.45, 2.75) is 53.9 Å². The van der Waals surface area contributed by atoms with Crippen molar-refractivity contribution in [2.24, 2.45) is 5.41 Å². The second-order valence-electron chi connectivity index (χ2n) is 6.66. The Bertz CT molecular complexity index is 458. The molecule has 5 heteroatoms. The standard InChI is InChI=1S/C16H30N4O/c1-7-8-17-14-12(4)15(18-9-16(5,6)10-21)20-13(19-14)11(2)3/h11,21H,7-10H2,1-6H3,(H2,17,18,19,20). The number of hydrogen-bond donors (Lipinski definition) is 3. The number of rotatable bonds is 8. The zero-order valence-corrected chi connectivity index (χ0v) is 14.2. The third-order valence-electron chi connectivity index (χ3n) is 3.38. The molecule has 0 aliphatic heterocycles. The lowest BCUT2D eigenvalue weighted by Crippen LogP contribution is -2.27. The fraction of sp³-hybridized carbons (Fsp3) is 0.750. The Balaban J connectivity index is 3.02. The molecule has 0 atom stereocenters. The molecule has 0 aliphatic rings. The molecule has 1 heterocycles. The zero-order valence-electron chi connectivity index (χ0n) is 14.2. The predicted molar refractivity (Wildman–Crippen MR) is 89.0 cm³/mol. The van der Waals surface area contributed by atoms with Gasteiger partial charge in [0.1, 0.15) is 17.5 Å². The summed E-state index contributed by atoms with van der Waals surface area (Å²) >= 11 is 0. The maximum absolute atomic E-state index is 9.37. The molecule has 0 fully saturated rings. The molecule has 0 saturated carbocycles. The van der Waals surface area contributed by atoms with Gasteiger partial charge in [-0.3, -0.25) is 0 Å². The van der Waals surface area contributed by atoms with Crippen LogP contribution >= 0.6 is 0 Å². The summed E-state index contributed by atoms with van der Waals surface area (Å²) in [5.41, 5.74) is 0.855. The number of nitrogens with one attached hydrogen (secondary N) is 2. The van der Waals surface area contributed by atoms with Gasteiger partial charge in [-0.15, -0.1) is 0 Å². The number of aliphatic hydroxyl groups excluding tert-OH is 1.